The Bertz CT molecular complexity index is 300. The summed E-state index contributed by atoms with van der Waals surface area (Å²) in [4.78, 5) is 4.64. The fourth-order valence-corrected chi connectivity index (χ4v) is 3.09. The minimum absolute atomic E-state index is 0.208. The third kappa shape index (κ3) is 1.71. The van der Waals surface area contributed by atoms with Gasteiger partial charge in [0.2, 0.25) is 0 Å². The molecule has 0 saturated carbocycles. The Kier molecular flexibility index (Phi) is 2.88. The average Bonchev–Trinajstić information content (AvgIpc) is 2.75. The maximum absolute atomic E-state index is 4.64. The summed E-state index contributed by atoms with van der Waals surface area (Å²) in [6, 6.07) is 0. The summed E-state index contributed by atoms with van der Waals surface area (Å²) in [6.07, 6.45) is 4.99. The minimum atomic E-state index is 0.208. The Hall–Kier alpha value is -0.410. The van der Waals surface area contributed by atoms with E-state index in [0.29, 0.717) is 0 Å². The minimum Gasteiger partial charge on any atom is -0.306 e. The normalized spacial score (nSPS) is 27.0. The Morgan fingerprint density at radius 2 is 2.50 bits per heavy atom. The van der Waals surface area contributed by atoms with Gasteiger partial charge in [0.05, 0.1) is 16.2 Å². The van der Waals surface area contributed by atoms with E-state index in [9.17, 15) is 0 Å². The second kappa shape index (κ2) is 3.99. The van der Waals surface area contributed by atoms with E-state index in [1.165, 1.54) is 36.4 Å². The first-order valence-electron chi connectivity index (χ1n) is 5.44. The molecule has 3 heteroatoms. The van der Waals surface area contributed by atoms with Crippen molar-refractivity contribution in [2.75, 3.05) is 6.54 Å². The molecule has 78 valence electrons. The summed E-state index contributed by atoms with van der Waals surface area (Å²) < 4.78 is 0. The van der Waals surface area contributed by atoms with E-state index >= 15 is 0 Å². The number of aryl methyl sites for hydroxylation is 1. The standard InChI is InChI=1S/C11H18N2S/c1-3-5-11(6-4-7-12-11)10-8-14-9(2)13-10/h8,12H,3-7H2,1-2H3. The lowest BCUT2D eigenvalue weighted by atomic mass is 9.89. The molecule has 1 aromatic rings. The molecule has 1 fully saturated rings. The van der Waals surface area contributed by atoms with Gasteiger partial charge in [0.25, 0.3) is 0 Å². The van der Waals surface area contributed by atoms with E-state index in [0.717, 1.165) is 6.54 Å². The van der Waals surface area contributed by atoms with Crippen molar-refractivity contribution in [2.24, 2.45) is 0 Å². The fraction of sp³-hybridized carbons (Fsp3) is 0.727. The smallest absolute Gasteiger partial charge is 0.0898 e. The first kappa shape index (κ1) is 10.1. The van der Waals surface area contributed by atoms with Crippen LogP contribution < -0.4 is 5.32 Å². The van der Waals surface area contributed by atoms with Crippen molar-refractivity contribution in [3.8, 4) is 0 Å². The van der Waals surface area contributed by atoms with Crippen LogP contribution in [0.2, 0.25) is 0 Å². The zero-order valence-electron chi connectivity index (χ0n) is 8.97. The molecule has 1 N–H and O–H groups in total. The predicted molar refractivity (Wildman–Crippen MR) is 60.7 cm³/mol. The molecule has 1 aliphatic rings. The molecule has 1 aromatic heterocycles. The van der Waals surface area contributed by atoms with Gasteiger partial charge in [0.1, 0.15) is 0 Å². The van der Waals surface area contributed by atoms with Gasteiger partial charge in [0, 0.05) is 5.38 Å². The highest BCUT2D eigenvalue weighted by molar-refractivity contribution is 7.09. The van der Waals surface area contributed by atoms with Crippen LogP contribution in [0.3, 0.4) is 0 Å². The van der Waals surface area contributed by atoms with Crippen LogP contribution in [0, 0.1) is 6.92 Å². The van der Waals surface area contributed by atoms with Crippen LogP contribution in [0.4, 0.5) is 0 Å². The Balaban J connectivity index is 2.26. The topological polar surface area (TPSA) is 24.9 Å². The zero-order chi connectivity index (χ0) is 10.0. The van der Waals surface area contributed by atoms with Gasteiger partial charge in [-0.25, -0.2) is 4.98 Å². The highest BCUT2D eigenvalue weighted by atomic mass is 32.1. The summed E-state index contributed by atoms with van der Waals surface area (Å²) in [5.41, 5.74) is 1.49. The van der Waals surface area contributed by atoms with Gasteiger partial charge in [-0.1, -0.05) is 13.3 Å². The first-order chi connectivity index (χ1) is 6.77. The average molecular weight is 210 g/mol. The molecule has 0 spiro atoms. The lowest BCUT2D eigenvalue weighted by Gasteiger charge is -2.27. The third-order valence-electron chi connectivity index (χ3n) is 3.03. The molecule has 0 radical (unpaired) electrons. The SMILES string of the molecule is CCCC1(c2csc(C)n2)CCCN1. The monoisotopic (exact) mass is 210 g/mol. The fourth-order valence-electron chi connectivity index (χ4n) is 2.38. The van der Waals surface area contributed by atoms with E-state index < -0.39 is 0 Å². The van der Waals surface area contributed by atoms with E-state index in [4.69, 9.17) is 0 Å². The molecule has 1 aliphatic heterocycles. The highest BCUT2D eigenvalue weighted by Gasteiger charge is 2.36. The summed E-state index contributed by atoms with van der Waals surface area (Å²) >= 11 is 1.76. The van der Waals surface area contributed by atoms with Crippen LogP contribution >= 0.6 is 11.3 Å². The number of hydrogen-bond acceptors (Lipinski definition) is 3. The van der Waals surface area contributed by atoms with E-state index in [2.05, 4.69) is 29.5 Å². The van der Waals surface area contributed by atoms with Crippen molar-refractivity contribution in [3.05, 3.63) is 16.1 Å². The van der Waals surface area contributed by atoms with Crippen molar-refractivity contribution in [1.29, 1.82) is 0 Å². The predicted octanol–water partition coefficient (Wildman–Crippen LogP) is 2.83. The van der Waals surface area contributed by atoms with Crippen molar-refractivity contribution in [2.45, 2.75) is 45.1 Å². The number of thiazole rings is 1. The third-order valence-corrected chi connectivity index (χ3v) is 3.80. The summed E-state index contributed by atoms with van der Waals surface area (Å²) in [7, 11) is 0. The van der Waals surface area contributed by atoms with Gasteiger partial charge >= 0.3 is 0 Å². The maximum atomic E-state index is 4.64. The molecule has 1 atom stereocenters. The van der Waals surface area contributed by atoms with Gasteiger partial charge < -0.3 is 5.32 Å². The van der Waals surface area contributed by atoms with E-state index in [-0.39, 0.29) is 5.54 Å². The zero-order valence-corrected chi connectivity index (χ0v) is 9.78. The molecule has 2 heterocycles. The molecule has 0 bridgehead atoms. The van der Waals surface area contributed by atoms with Crippen LogP contribution in [-0.4, -0.2) is 11.5 Å². The van der Waals surface area contributed by atoms with E-state index in [1.807, 2.05) is 0 Å². The molecular weight excluding hydrogens is 192 g/mol. The number of nitrogens with one attached hydrogen (secondary N) is 1. The molecule has 2 nitrogen and oxygen atoms in total. The second-order valence-electron chi connectivity index (χ2n) is 4.11. The Labute approximate surface area is 89.8 Å². The molecular formula is C11H18N2S. The first-order valence-corrected chi connectivity index (χ1v) is 6.32. The maximum Gasteiger partial charge on any atom is 0.0898 e. The number of rotatable bonds is 3. The van der Waals surface area contributed by atoms with Crippen molar-refractivity contribution >= 4 is 11.3 Å². The number of nitrogens with zero attached hydrogens (tertiary/aromatic N) is 1. The molecule has 0 amide bonds. The lowest BCUT2D eigenvalue weighted by Crippen LogP contribution is -2.36. The van der Waals surface area contributed by atoms with Crippen molar-refractivity contribution in [3.63, 3.8) is 0 Å². The van der Waals surface area contributed by atoms with Crippen molar-refractivity contribution in [1.82, 2.24) is 10.3 Å². The molecule has 14 heavy (non-hydrogen) atoms. The molecule has 1 saturated heterocycles. The Morgan fingerprint density at radius 1 is 1.64 bits per heavy atom. The summed E-state index contributed by atoms with van der Waals surface area (Å²) in [6.45, 7) is 5.49. The largest absolute Gasteiger partial charge is 0.306 e. The molecule has 2 rings (SSSR count). The molecule has 1 unspecified atom stereocenters. The van der Waals surface area contributed by atoms with Gasteiger partial charge in [-0.3, -0.25) is 0 Å². The lowest BCUT2D eigenvalue weighted by molar-refractivity contribution is 0.347. The van der Waals surface area contributed by atoms with Gasteiger partial charge in [-0.2, -0.15) is 0 Å². The van der Waals surface area contributed by atoms with Gasteiger partial charge in [0.15, 0.2) is 0 Å². The summed E-state index contributed by atoms with van der Waals surface area (Å²) in [5.74, 6) is 0. The van der Waals surface area contributed by atoms with Gasteiger partial charge in [-0.05, 0) is 32.7 Å². The number of hydrogen-bond donors (Lipinski definition) is 1. The van der Waals surface area contributed by atoms with E-state index in [1.54, 1.807) is 11.3 Å². The second-order valence-corrected chi connectivity index (χ2v) is 5.18. The van der Waals surface area contributed by atoms with Gasteiger partial charge in [-0.15, -0.1) is 11.3 Å². The summed E-state index contributed by atoms with van der Waals surface area (Å²) in [5, 5.41) is 7.05. The highest BCUT2D eigenvalue weighted by Crippen LogP contribution is 2.35. The van der Waals surface area contributed by atoms with Crippen LogP contribution in [0.25, 0.3) is 0 Å². The molecule has 0 aromatic carbocycles. The van der Waals surface area contributed by atoms with Crippen LogP contribution in [0.1, 0.15) is 43.3 Å². The number of aromatic nitrogens is 1. The quantitative estimate of drug-likeness (QED) is 0.830. The van der Waals surface area contributed by atoms with Crippen LogP contribution in [0.5, 0.6) is 0 Å². The van der Waals surface area contributed by atoms with Crippen LogP contribution in [0.15, 0.2) is 5.38 Å². The Morgan fingerprint density at radius 3 is 3.00 bits per heavy atom. The van der Waals surface area contributed by atoms with Crippen molar-refractivity contribution < 1.29 is 0 Å². The molecule has 0 aliphatic carbocycles. The van der Waals surface area contributed by atoms with Crippen LogP contribution in [-0.2, 0) is 5.54 Å².